The SMILES string of the molecule is COCCn1nc([C@H]2CCCN2C(=O)C2CCCCC2)c2c1CC(C)(C)CC2=O. The molecule has 1 aromatic heterocycles. The topological polar surface area (TPSA) is 64.4 Å². The zero-order chi connectivity index (χ0) is 20.6. The van der Waals surface area contributed by atoms with Crippen LogP contribution in [0.2, 0.25) is 0 Å². The van der Waals surface area contributed by atoms with Crippen LogP contribution in [0.25, 0.3) is 0 Å². The predicted octanol–water partition coefficient (Wildman–Crippen LogP) is 3.93. The third-order valence-electron chi connectivity index (χ3n) is 6.96. The van der Waals surface area contributed by atoms with Crippen molar-refractivity contribution in [2.45, 2.75) is 84.2 Å². The number of ketones is 1. The summed E-state index contributed by atoms with van der Waals surface area (Å²) < 4.78 is 7.26. The van der Waals surface area contributed by atoms with Crippen LogP contribution in [-0.4, -0.2) is 46.6 Å². The number of carbonyl (C=O) groups excluding carboxylic acids is 2. The van der Waals surface area contributed by atoms with Gasteiger partial charge in [-0.1, -0.05) is 33.1 Å². The van der Waals surface area contributed by atoms with Crippen molar-refractivity contribution in [2.24, 2.45) is 11.3 Å². The minimum absolute atomic E-state index is 0.0490. The third kappa shape index (κ3) is 4.00. The van der Waals surface area contributed by atoms with E-state index in [-0.39, 0.29) is 29.1 Å². The number of amides is 1. The van der Waals surface area contributed by atoms with Gasteiger partial charge in [-0.15, -0.1) is 0 Å². The lowest BCUT2D eigenvalue weighted by Crippen LogP contribution is -2.37. The second-order valence-corrected chi connectivity index (χ2v) is 9.89. The Labute approximate surface area is 174 Å². The molecule has 0 unspecified atom stereocenters. The summed E-state index contributed by atoms with van der Waals surface area (Å²) >= 11 is 0. The van der Waals surface area contributed by atoms with Gasteiger partial charge in [0.15, 0.2) is 5.78 Å². The van der Waals surface area contributed by atoms with E-state index >= 15 is 0 Å². The highest BCUT2D eigenvalue weighted by Gasteiger charge is 2.42. The highest BCUT2D eigenvalue weighted by atomic mass is 16.5. The molecular formula is C23H35N3O3. The van der Waals surface area contributed by atoms with E-state index in [1.165, 1.54) is 6.42 Å². The Hall–Kier alpha value is -1.69. The molecule has 3 aliphatic rings. The Bertz CT molecular complexity index is 777. The molecule has 29 heavy (non-hydrogen) atoms. The smallest absolute Gasteiger partial charge is 0.226 e. The summed E-state index contributed by atoms with van der Waals surface area (Å²) in [6.45, 7) is 6.30. The summed E-state index contributed by atoms with van der Waals surface area (Å²) in [5, 5.41) is 4.93. The predicted molar refractivity (Wildman–Crippen MR) is 111 cm³/mol. The average Bonchev–Trinajstić information content (AvgIpc) is 3.30. The molecule has 0 aromatic carbocycles. The van der Waals surface area contributed by atoms with Crippen molar-refractivity contribution in [3.05, 3.63) is 17.0 Å². The number of carbonyl (C=O) groups is 2. The molecule has 6 nitrogen and oxygen atoms in total. The summed E-state index contributed by atoms with van der Waals surface area (Å²) in [5.41, 5.74) is 2.63. The van der Waals surface area contributed by atoms with Crippen molar-refractivity contribution < 1.29 is 14.3 Å². The van der Waals surface area contributed by atoms with E-state index in [0.717, 1.165) is 68.4 Å². The Kier molecular flexibility index (Phi) is 5.83. The lowest BCUT2D eigenvalue weighted by molar-refractivity contribution is -0.137. The van der Waals surface area contributed by atoms with Crippen LogP contribution in [0, 0.1) is 11.3 Å². The molecule has 1 atom stereocenters. The number of Topliss-reactive ketones (excluding diaryl/α,β-unsaturated/α-hetero) is 1. The molecule has 1 aromatic rings. The molecule has 1 amide bonds. The van der Waals surface area contributed by atoms with Crippen LogP contribution < -0.4 is 0 Å². The minimum atomic E-state index is -0.0561. The zero-order valence-corrected chi connectivity index (χ0v) is 18.2. The largest absolute Gasteiger partial charge is 0.383 e. The van der Waals surface area contributed by atoms with Crippen molar-refractivity contribution in [2.75, 3.05) is 20.3 Å². The fourth-order valence-corrected chi connectivity index (χ4v) is 5.53. The number of likely N-dealkylation sites (tertiary alicyclic amines) is 1. The molecule has 0 radical (unpaired) electrons. The molecular weight excluding hydrogens is 366 g/mol. The Morgan fingerprint density at radius 2 is 1.90 bits per heavy atom. The van der Waals surface area contributed by atoms with Gasteiger partial charge in [0, 0.05) is 26.0 Å². The Morgan fingerprint density at radius 1 is 1.14 bits per heavy atom. The number of aromatic nitrogens is 2. The molecule has 6 heteroatoms. The molecule has 0 spiro atoms. The normalized spacial score (nSPS) is 24.7. The summed E-state index contributed by atoms with van der Waals surface area (Å²) in [6.07, 6.45) is 8.86. The fourth-order valence-electron chi connectivity index (χ4n) is 5.53. The van der Waals surface area contributed by atoms with Crippen LogP contribution in [0.4, 0.5) is 0 Å². The van der Waals surface area contributed by atoms with Gasteiger partial charge in [0.2, 0.25) is 5.91 Å². The standard InChI is InChI=1S/C23H35N3O3/c1-23(2)14-18-20(19(27)15-23)21(24-26(18)12-13-29-3)17-10-7-11-25(17)22(28)16-8-5-4-6-9-16/h16-17H,4-15H2,1-3H3/t17-/m1/s1. The van der Waals surface area contributed by atoms with Crippen molar-refractivity contribution >= 4 is 11.7 Å². The zero-order valence-electron chi connectivity index (χ0n) is 18.2. The van der Waals surface area contributed by atoms with E-state index in [0.29, 0.717) is 19.6 Å². The molecule has 0 N–H and O–H groups in total. The van der Waals surface area contributed by atoms with E-state index in [1.807, 2.05) is 9.58 Å². The van der Waals surface area contributed by atoms with Gasteiger partial charge in [0.1, 0.15) is 0 Å². The molecule has 2 heterocycles. The van der Waals surface area contributed by atoms with Crippen LogP contribution in [0.5, 0.6) is 0 Å². The highest BCUT2D eigenvalue weighted by molar-refractivity contribution is 6.00. The number of fused-ring (bicyclic) bond motifs is 1. The first-order valence-electron chi connectivity index (χ1n) is 11.3. The number of methoxy groups -OCH3 is 1. The number of hydrogen-bond acceptors (Lipinski definition) is 4. The number of nitrogens with zero attached hydrogens (tertiary/aromatic N) is 3. The van der Waals surface area contributed by atoms with Crippen LogP contribution in [0.15, 0.2) is 0 Å². The van der Waals surface area contributed by atoms with Crippen LogP contribution in [0.3, 0.4) is 0 Å². The average molecular weight is 402 g/mol. The van der Waals surface area contributed by atoms with Gasteiger partial charge >= 0.3 is 0 Å². The van der Waals surface area contributed by atoms with E-state index < -0.39 is 0 Å². The maximum Gasteiger partial charge on any atom is 0.226 e. The lowest BCUT2D eigenvalue weighted by atomic mass is 9.75. The Morgan fingerprint density at radius 3 is 2.62 bits per heavy atom. The van der Waals surface area contributed by atoms with Crippen LogP contribution in [-0.2, 0) is 22.5 Å². The Balaban J connectivity index is 1.67. The monoisotopic (exact) mass is 401 g/mol. The first-order chi connectivity index (χ1) is 13.9. The lowest BCUT2D eigenvalue weighted by Gasteiger charge is -2.32. The number of ether oxygens (including phenoxy) is 1. The maximum absolute atomic E-state index is 13.3. The van der Waals surface area contributed by atoms with E-state index in [1.54, 1.807) is 7.11 Å². The van der Waals surface area contributed by atoms with Gasteiger partial charge in [-0.3, -0.25) is 14.3 Å². The molecule has 1 aliphatic heterocycles. The van der Waals surface area contributed by atoms with Crippen molar-refractivity contribution in [1.82, 2.24) is 14.7 Å². The maximum atomic E-state index is 13.3. The molecule has 4 rings (SSSR count). The van der Waals surface area contributed by atoms with E-state index in [2.05, 4.69) is 13.8 Å². The quantitative estimate of drug-likeness (QED) is 0.750. The van der Waals surface area contributed by atoms with Gasteiger partial charge in [-0.25, -0.2) is 0 Å². The second kappa shape index (κ2) is 8.21. The van der Waals surface area contributed by atoms with E-state index in [9.17, 15) is 9.59 Å². The number of rotatable bonds is 5. The summed E-state index contributed by atoms with van der Waals surface area (Å²) in [6, 6.07) is -0.0490. The summed E-state index contributed by atoms with van der Waals surface area (Å²) in [4.78, 5) is 28.5. The van der Waals surface area contributed by atoms with Gasteiger partial charge in [0.05, 0.1) is 36.1 Å². The van der Waals surface area contributed by atoms with Gasteiger partial charge in [0.25, 0.3) is 0 Å². The fraction of sp³-hybridized carbons (Fsp3) is 0.783. The molecule has 2 fully saturated rings. The van der Waals surface area contributed by atoms with Crippen LogP contribution >= 0.6 is 0 Å². The van der Waals surface area contributed by atoms with Gasteiger partial charge in [-0.05, 0) is 37.5 Å². The molecule has 160 valence electrons. The van der Waals surface area contributed by atoms with Gasteiger partial charge in [-0.2, -0.15) is 5.10 Å². The van der Waals surface area contributed by atoms with Crippen molar-refractivity contribution in [3.63, 3.8) is 0 Å². The van der Waals surface area contributed by atoms with Gasteiger partial charge < -0.3 is 9.64 Å². The highest BCUT2D eigenvalue weighted by Crippen LogP contribution is 2.42. The third-order valence-corrected chi connectivity index (χ3v) is 6.96. The summed E-state index contributed by atoms with van der Waals surface area (Å²) in [7, 11) is 1.69. The first-order valence-corrected chi connectivity index (χ1v) is 11.3. The van der Waals surface area contributed by atoms with Crippen molar-refractivity contribution in [1.29, 1.82) is 0 Å². The second-order valence-electron chi connectivity index (χ2n) is 9.89. The van der Waals surface area contributed by atoms with E-state index in [4.69, 9.17) is 9.84 Å². The minimum Gasteiger partial charge on any atom is -0.383 e. The molecule has 0 bridgehead atoms. The number of hydrogen-bond donors (Lipinski definition) is 0. The van der Waals surface area contributed by atoms with Crippen LogP contribution in [0.1, 0.15) is 93.0 Å². The molecule has 1 saturated heterocycles. The summed E-state index contributed by atoms with van der Waals surface area (Å²) in [5.74, 6) is 0.633. The molecule has 2 aliphatic carbocycles. The van der Waals surface area contributed by atoms with Crippen molar-refractivity contribution in [3.8, 4) is 0 Å². The molecule has 1 saturated carbocycles. The first kappa shape index (κ1) is 20.6.